The van der Waals surface area contributed by atoms with Crippen LogP contribution in [0.25, 0.3) is 0 Å². The van der Waals surface area contributed by atoms with Crippen LogP contribution in [0.4, 0.5) is 0 Å². The normalized spacial score (nSPS) is 25.8. The van der Waals surface area contributed by atoms with Crippen LogP contribution < -0.4 is 5.32 Å². The molecule has 0 spiro atoms. The standard InChI is InChI=1S/C14H30N2O2/c1-5-15-9-13-7-8-14(18-13)10-16(6-2)12(3)11-17-4/h12-15H,5-11H2,1-4H3. The number of hydrogen-bond acceptors (Lipinski definition) is 4. The van der Waals surface area contributed by atoms with Gasteiger partial charge in [-0.3, -0.25) is 4.90 Å². The van der Waals surface area contributed by atoms with Gasteiger partial charge in [-0.1, -0.05) is 13.8 Å². The molecule has 1 aliphatic rings. The SMILES string of the molecule is CCNCC1CCC(CN(CC)C(C)COC)O1. The molecule has 1 fully saturated rings. The van der Waals surface area contributed by atoms with Gasteiger partial charge in [-0.25, -0.2) is 0 Å². The van der Waals surface area contributed by atoms with Crippen molar-refractivity contribution in [1.29, 1.82) is 0 Å². The molecule has 1 saturated heterocycles. The summed E-state index contributed by atoms with van der Waals surface area (Å²) in [7, 11) is 1.77. The van der Waals surface area contributed by atoms with Gasteiger partial charge in [-0.05, 0) is 32.9 Å². The largest absolute Gasteiger partial charge is 0.383 e. The van der Waals surface area contributed by atoms with E-state index in [1.54, 1.807) is 7.11 Å². The summed E-state index contributed by atoms with van der Waals surface area (Å²) in [5.74, 6) is 0. The lowest BCUT2D eigenvalue weighted by atomic mass is 10.1. The third kappa shape index (κ3) is 5.22. The molecule has 1 N–H and O–H groups in total. The molecule has 1 aliphatic heterocycles. The number of likely N-dealkylation sites (N-methyl/N-ethyl adjacent to an activating group) is 2. The monoisotopic (exact) mass is 258 g/mol. The van der Waals surface area contributed by atoms with E-state index in [1.807, 2.05) is 0 Å². The predicted octanol–water partition coefficient (Wildman–Crippen LogP) is 1.50. The molecule has 0 amide bonds. The third-order valence-electron chi connectivity index (χ3n) is 3.69. The van der Waals surface area contributed by atoms with Gasteiger partial charge in [-0.15, -0.1) is 0 Å². The molecule has 108 valence electrons. The van der Waals surface area contributed by atoms with Crippen molar-refractivity contribution in [3.05, 3.63) is 0 Å². The first-order valence-corrected chi connectivity index (χ1v) is 7.30. The second-order valence-corrected chi connectivity index (χ2v) is 5.16. The number of ether oxygens (including phenoxy) is 2. The number of hydrogen-bond donors (Lipinski definition) is 1. The van der Waals surface area contributed by atoms with Crippen molar-refractivity contribution in [2.75, 3.05) is 39.9 Å². The molecule has 0 aromatic carbocycles. The highest BCUT2D eigenvalue weighted by molar-refractivity contribution is 4.79. The molecular formula is C14H30N2O2. The Hall–Kier alpha value is -0.160. The minimum absolute atomic E-state index is 0.396. The van der Waals surface area contributed by atoms with Crippen molar-refractivity contribution < 1.29 is 9.47 Å². The Morgan fingerprint density at radius 3 is 2.67 bits per heavy atom. The zero-order chi connectivity index (χ0) is 13.4. The average molecular weight is 258 g/mol. The summed E-state index contributed by atoms with van der Waals surface area (Å²) >= 11 is 0. The van der Waals surface area contributed by atoms with Crippen molar-refractivity contribution in [2.45, 2.75) is 51.9 Å². The van der Waals surface area contributed by atoms with E-state index in [1.165, 1.54) is 12.8 Å². The quantitative estimate of drug-likeness (QED) is 0.679. The van der Waals surface area contributed by atoms with Gasteiger partial charge in [0.2, 0.25) is 0 Å². The molecular weight excluding hydrogens is 228 g/mol. The molecule has 0 aromatic heterocycles. The molecule has 1 rings (SSSR count). The maximum atomic E-state index is 6.08. The Kier molecular flexibility index (Phi) is 7.82. The van der Waals surface area contributed by atoms with E-state index in [4.69, 9.17) is 9.47 Å². The lowest BCUT2D eigenvalue weighted by Gasteiger charge is -2.29. The Morgan fingerprint density at radius 2 is 2.06 bits per heavy atom. The predicted molar refractivity (Wildman–Crippen MR) is 75.0 cm³/mol. The molecule has 0 aromatic rings. The maximum Gasteiger partial charge on any atom is 0.0707 e. The van der Waals surface area contributed by atoms with E-state index < -0.39 is 0 Å². The van der Waals surface area contributed by atoms with Gasteiger partial charge in [-0.2, -0.15) is 0 Å². The van der Waals surface area contributed by atoms with Gasteiger partial charge >= 0.3 is 0 Å². The Balaban J connectivity index is 2.29. The van der Waals surface area contributed by atoms with E-state index in [2.05, 4.69) is 31.0 Å². The lowest BCUT2D eigenvalue weighted by Crippen LogP contribution is -2.41. The summed E-state index contributed by atoms with van der Waals surface area (Å²) in [6.07, 6.45) is 3.18. The zero-order valence-corrected chi connectivity index (χ0v) is 12.4. The van der Waals surface area contributed by atoms with E-state index in [9.17, 15) is 0 Å². The van der Waals surface area contributed by atoms with Gasteiger partial charge < -0.3 is 14.8 Å². The summed E-state index contributed by atoms with van der Waals surface area (Å²) in [6.45, 7) is 11.5. The summed E-state index contributed by atoms with van der Waals surface area (Å²) in [5.41, 5.74) is 0. The second-order valence-electron chi connectivity index (χ2n) is 5.16. The van der Waals surface area contributed by atoms with Crippen LogP contribution in [0.15, 0.2) is 0 Å². The van der Waals surface area contributed by atoms with Crippen LogP contribution in [0, 0.1) is 0 Å². The van der Waals surface area contributed by atoms with E-state index in [-0.39, 0.29) is 0 Å². The summed E-state index contributed by atoms with van der Waals surface area (Å²) in [5, 5.41) is 3.36. The number of methoxy groups -OCH3 is 1. The summed E-state index contributed by atoms with van der Waals surface area (Å²) in [6, 6.07) is 0.469. The second kappa shape index (κ2) is 8.86. The topological polar surface area (TPSA) is 33.7 Å². The molecule has 1 heterocycles. The van der Waals surface area contributed by atoms with E-state index >= 15 is 0 Å². The first-order valence-electron chi connectivity index (χ1n) is 7.30. The summed E-state index contributed by atoms with van der Waals surface area (Å²) < 4.78 is 11.3. The van der Waals surface area contributed by atoms with Crippen LogP contribution in [-0.4, -0.2) is 63.0 Å². The molecule has 0 bridgehead atoms. The fourth-order valence-corrected chi connectivity index (χ4v) is 2.60. The van der Waals surface area contributed by atoms with Gasteiger partial charge in [0, 0.05) is 26.2 Å². The average Bonchev–Trinajstić information content (AvgIpc) is 2.81. The molecule has 0 radical (unpaired) electrons. The first kappa shape index (κ1) is 15.9. The van der Waals surface area contributed by atoms with Crippen LogP contribution in [-0.2, 0) is 9.47 Å². The lowest BCUT2D eigenvalue weighted by molar-refractivity contribution is 0.00782. The third-order valence-corrected chi connectivity index (χ3v) is 3.69. The Labute approximate surface area is 112 Å². The summed E-state index contributed by atoms with van der Waals surface area (Å²) in [4.78, 5) is 2.45. The van der Waals surface area contributed by atoms with Crippen LogP contribution >= 0.6 is 0 Å². The fraction of sp³-hybridized carbons (Fsp3) is 1.00. The smallest absolute Gasteiger partial charge is 0.0707 e. The van der Waals surface area contributed by atoms with Gasteiger partial charge in [0.15, 0.2) is 0 Å². The van der Waals surface area contributed by atoms with Crippen LogP contribution in [0.1, 0.15) is 33.6 Å². The number of nitrogens with one attached hydrogen (secondary N) is 1. The fourth-order valence-electron chi connectivity index (χ4n) is 2.60. The first-order chi connectivity index (χ1) is 8.71. The van der Waals surface area contributed by atoms with Crippen LogP contribution in [0.3, 0.4) is 0 Å². The molecule has 3 unspecified atom stereocenters. The Bertz CT molecular complexity index is 214. The number of nitrogens with zero attached hydrogens (tertiary/aromatic N) is 1. The molecule has 4 nitrogen and oxygen atoms in total. The van der Waals surface area contributed by atoms with Crippen molar-refractivity contribution in [3.63, 3.8) is 0 Å². The van der Waals surface area contributed by atoms with Crippen molar-refractivity contribution in [2.24, 2.45) is 0 Å². The van der Waals surface area contributed by atoms with Crippen LogP contribution in [0.5, 0.6) is 0 Å². The minimum Gasteiger partial charge on any atom is -0.383 e. The maximum absolute atomic E-state index is 6.08. The van der Waals surface area contributed by atoms with Gasteiger partial charge in [0.05, 0.1) is 18.8 Å². The van der Waals surface area contributed by atoms with E-state index in [0.29, 0.717) is 18.2 Å². The van der Waals surface area contributed by atoms with Crippen molar-refractivity contribution in [3.8, 4) is 0 Å². The zero-order valence-electron chi connectivity index (χ0n) is 12.4. The van der Waals surface area contributed by atoms with Crippen LogP contribution in [0.2, 0.25) is 0 Å². The highest BCUT2D eigenvalue weighted by atomic mass is 16.5. The van der Waals surface area contributed by atoms with Crippen molar-refractivity contribution >= 4 is 0 Å². The minimum atomic E-state index is 0.396. The molecule has 3 atom stereocenters. The van der Waals surface area contributed by atoms with Gasteiger partial charge in [0.1, 0.15) is 0 Å². The number of rotatable bonds is 9. The molecule has 0 saturated carbocycles. The molecule has 4 heteroatoms. The van der Waals surface area contributed by atoms with E-state index in [0.717, 1.165) is 32.8 Å². The van der Waals surface area contributed by atoms with Crippen molar-refractivity contribution in [1.82, 2.24) is 10.2 Å². The molecule has 18 heavy (non-hydrogen) atoms. The highest BCUT2D eigenvalue weighted by Crippen LogP contribution is 2.20. The molecule has 0 aliphatic carbocycles. The highest BCUT2D eigenvalue weighted by Gasteiger charge is 2.27. The Morgan fingerprint density at radius 1 is 1.33 bits per heavy atom. The van der Waals surface area contributed by atoms with Gasteiger partial charge in [0.25, 0.3) is 0 Å².